The van der Waals surface area contributed by atoms with Crippen LogP contribution in [0.1, 0.15) is 29.0 Å². The quantitative estimate of drug-likeness (QED) is 0.886. The molecular weight excluding hydrogens is 247 g/mol. The summed E-state index contributed by atoms with van der Waals surface area (Å²) in [5.41, 5.74) is 0.735. The molecule has 0 saturated carbocycles. The number of hydrogen-bond acceptors (Lipinski definition) is 3. The van der Waals surface area contributed by atoms with E-state index in [4.69, 9.17) is 5.11 Å². The molecule has 0 fully saturated rings. The van der Waals surface area contributed by atoms with Crippen molar-refractivity contribution in [3.63, 3.8) is 0 Å². The van der Waals surface area contributed by atoms with Gasteiger partial charge in [-0.2, -0.15) is 0 Å². The summed E-state index contributed by atoms with van der Waals surface area (Å²) < 4.78 is 13.1. The molecule has 98 valence electrons. The standard InChI is InChI=1S/C14H13FN2O2/c1-9(10-4-2-5-11(15)8-10)16-13-7-3-6-12(17-13)14(18)19/h2-9H,1H3,(H,16,17)(H,18,19). The summed E-state index contributed by atoms with van der Waals surface area (Å²) in [7, 11) is 0. The van der Waals surface area contributed by atoms with Gasteiger partial charge in [-0.3, -0.25) is 0 Å². The number of aromatic carboxylic acids is 1. The molecule has 1 heterocycles. The zero-order valence-electron chi connectivity index (χ0n) is 10.3. The van der Waals surface area contributed by atoms with Gasteiger partial charge in [0, 0.05) is 0 Å². The lowest BCUT2D eigenvalue weighted by atomic mass is 10.1. The maximum absolute atomic E-state index is 13.1. The number of hydrogen-bond donors (Lipinski definition) is 2. The Hall–Kier alpha value is -2.43. The van der Waals surface area contributed by atoms with Gasteiger partial charge < -0.3 is 10.4 Å². The predicted octanol–water partition coefficient (Wildman–Crippen LogP) is 3.09. The number of benzene rings is 1. The second kappa shape index (κ2) is 5.48. The van der Waals surface area contributed by atoms with Crippen LogP contribution >= 0.6 is 0 Å². The summed E-state index contributed by atoms with van der Waals surface area (Å²) in [5.74, 6) is -0.947. The highest BCUT2D eigenvalue weighted by Crippen LogP contribution is 2.18. The second-order valence-corrected chi connectivity index (χ2v) is 4.13. The molecule has 0 bridgehead atoms. The summed E-state index contributed by atoms with van der Waals surface area (Å²) in [6.07, 6.45) is 0. The van der Waals surface area contributed by atoms with Crippen LogP contribution in [0.15, 0.2) is 42.5 Å². The minimum atomic E-state index is -1.08. The smallest absolute Gasteiger partial charge is 0.354 e. The van der Waals surface area contributed by atoms with E-state index in [1.807, 2.05) is 6.92 Å². The van der Waals surface area contributed by atoms with Crippen LogP contribution < -0.4 is 5.32 Å². The number of carbonyl (C=O) groups is 1. The first-order chi connectivity index (χ1) is 9.06. The Morgan fingerprint density at radius 1 is 1.32 bits per heavy atom. The van der Waals surface area contributed by atoms with Gasteiger partial charge in [0.25, 0.3) is 0 Å². The average molecular weight is 260 g/mol. The lowest BCUT2D eigenvalue weighted by molar-refractivity contribution is 0.0690. The molecule has 2 N–H and O–H groups in total. The maximum atomic E-state index is 13.1. The molecule has 0 aliphatic rings. The van der Waals surface area contributed by atoms with Crippen LogP contribution in [0, 0.1) is 5.82 Å². The minimum Gasteiger partial charge on any atom is -0.477 e. The van der Waals surface area contributed by atoms with E-state index < -0.39 is 5.97 Å². The van der Waals surface area contributed by atoms with Crippen LogP contribution in [0.2, 0.25) is 0 Å². The van der Waals surface area contributed by atoms with Gasteiger partial charge in [0.15, 0.2) is 5.69 Å². The van der Waals surface area contributed by atoms with Crippen molar-refractivity contribution >= 4 is 11.8 Å². The van der Waals surface area contributed by atoms with E-state index in [9.17, 15) is 9.18 Å². The van der Waals surface area contributed by atoms with Crippen molar-refractivity contribution < 1.29 is 14.3 Å². The third kappa shape index (κ3) is 3.28. The summed E-state index contributed by atoms with van der Waals surface area (Å²) in [5, 5.41) is 11.9. The SMILES string of the molecule is CC(Nc1cccc(C(=O)O)n1)c1cccc(F)c1. The van der Waals surface area contributed by atoms with Gasteiger partial charge in [0.05, 0.1) is 6.04 Å². The molecular formula is C14H13FN2O2. The first-order valence-corrected chi connectivity index (χ1v) is 5.78. The lowest BCUT2D eigenvalue weighted by Crippen LogP contribution is -2.10. The molecule has 0 spiro atoms. The third-order valence-electron chi connectivity index (χ3n) is 2.68. The number of pyridine rings is 1. The molecule has 0 aliphatic heterocycles. The second-order valence-electron chi connectivity index (χ2n) is 4.13. The number of anilines is 1. The summed E-state index contributed by atoms with van der Waals surface area (Å²) >= 11 is 0. The van der Waals surface area contributed by atoms with Crippen molar-refractivity contribution in [1.29, 1.82) is 0 Å². The summed E-state index contributed by atoms with van der Waals surface area (Å²) in [4.78, 5) is 14.8. The van der Waals surface area contributed by atoms with Gasteiger partial charge in [0.2, 0.25) is 0 Å². The first kappa shape index (κ1) is 13.0. The molecule has 0 amide bonds. The van der Waals surface area contributed by atoms with E-state index in [1.165, 1.54) is 18.2 Å². The Labute approximate surface area is 109 Å². The minimum absolute atomic E-state index is 0.0311. The Morgan fingerprint density at radius 2 is 2.05 bits per heavy atom. The van der Waals surface area contributed by atoms with Gasteiger partial charge in [-0.25, -0.2) is 14.2 Å². The Bertz CT molecular complexity index is 602. The average Bonchev–Trinajstić information content (AvgIpc) is 2.39. The molecule has 0 aliphatic carbocycles. The first-order valence-electron chi connectivity index (χ1n) is 5.78. The van der Waals surface area contributed by atoms with Gasteiger partial charge in [-0.05, 0) is 36.8 Å². The Balaban J connectivity index is 2.17. The van der Waals surface area contributed by atoms with Crippen LogP contribution in [0.4, 0.5) is 10.2 Å². The number of halogens is 1. The molecule has 2 aromatic rings. The number of nitrogens with zero attached hydrogens (tertiary/aromatic N) is 1. The molecule has 2 rings (SSSR count). The highest BCUT2D eigenvalue weighted by Gasteiger charge is 2.09. The molecule has 0 radical (unpaired) electrons. The normalized spacial score (nSPS) is 11.9. The predicted molar refractivity (Wildman–Crippen MR) is 69.6 cm³/mol. The largest absolute Gasteiger partial charge is 0.477 e. The third-order valence-corrected chi connectivity index (χ3v) is 2.68. The van der Waals surface area contributed by atoms with Crippen molar-refractivity contribution in [3.8, 4) is 0 Å². The maximum Gasteiger partial charge on any atom is 0.354 e. The highest BCUT2D eigenvalue weighted by atomic mass is 19.1. The van der Waals surface area contributed by atoms with Crippen molar-refractivity contribution in [2.24, 2.45) is 0 Å². The van der Waals surface area contributed by atoms with E-state index in [-0.39, 0.29) is 17.6 Å². The van der Waals surface area contributed by atoms with Crippen LogP contribution in [0.3, 0.4) is 0 Å². The van der Waals surface area contributed by atoms with Gasteiger partial charge in [0.1, 0.15) is 11.6 Å². The number of carboxylic acid groups (broad SMARTS) is 1. The fourth-order valence-corrected chi connectivity index (χ4v) is 1.72. The van der Waals surface area contributed by atoms with Crippen molar-refractivity contribution in [3.05, 3.63) is 59.5 Å². The monoisotopic (exact) mass is 260 g/mol. The van der Waals surface area contributed by atoms with Crippen LogP contribution in [-0.4, -0.2) is 16.1 Å². The molecule has 1 unspecified atom stereocenters. The molecule has 19 heavy (non-hydrogen) atoms. The molecule has 1 atom stereocenters. The zero-order chi connectivity index (χ0) is 13.8. The van der Waals surface area contributed by atoms with E-state index in [1.54, 1.807) is 24.3 Å². The number of aromatic nitrogens is 1. The summed E-state index contributed by atoms with van der Waals surface area (Å²) in [6, 6.07) is 10.7. The number of carboxylic acids is 1. The van der Waals surface area contributed by atoms with E-state index in [0.29, 0.717) is 5.82 Å². The van der Waals surface area contributed by atoms with Gasteiger partial charge >= 0.3 is 5.97 Å². The summed E-state index contributed by atoms with van der Waals surface area (Å²) in [6.45, 7) is 1.85. The fraction of sp³-hybridized carbons (Fsp3) is 0.143. The molecule has 1 aromatic carbocycles. The van der Waals surface area contributed by atoms with Gasteiger partial charge in [-0.15, -0.1) is 0 Å². The lowest BCUT2D eigenvalue weighted by Gasteiger charge is -2.15. The van der Waals surface area contributed by atoms with Crippen molar-refractivity contribution in [1.82, 2.24) is 4.98 Å². The molecule has 5 heteroatoms. The number of nitrogens with one attached hydrogen (secondary N) is 1. The molecule has 1 aromatic heterocycles. The van der Waals surface area contributed by atoms with Crippen LogP contribution in [-0.2, 0) is 0 Å². The van der Waals surface area contributed by atoms with E-state index >= 15 is 0 Å². The Morgan fingerprint density at radius 3 is 2.74 bits per heavy atom. The fourth-order valence-electron chi connectivity index (χ4n) is 1.72. The van der Waals surface area contributed by atoms with E-state index in [2.05, 4.69) is 10.3 Å². The zero-order valence-corrected chi connectivity index (χ0v) is 10.3. The van der Waals surface area contributed by atoms with Crippen LogP contribution in [0.5, 0.6) is 0 Å². The number of rotatable bonds is 4. The van der Waals surface area contributed by atoms with E-state index in [0.717, 1.165) is 5.56 Å². The topological polar surface area (TPSA) is 62.2 Å². The van der Waals surface area contributed by atoms with Crippen molar-refractivity contribution in [2.45, 2.75) is 13.0 Å². The molecule has 4 nitrogen and oxygen atoms in total. The molecule has 0 saturated heterocycles. The van der Waals surface area contributed by atoms with Gasteiger partial charge in [-0.1, -0.05) is 18.2 Å². The van der Waals surface area contributed by atoms with Crippen molar-refractivity contribution in [2.75, 3.05) is 5.32 Å². The Kier molecular flexibility index (Phi) is 3.75. The van der Waals surface area contributed by atoms with Crippen LogP contribution in [0.25, 0.3) is 0 Å². The highest BCUT2D eigenvalue weighted by molar-refractivity contribution is 5.85.